The van der Waals surface area contributed by atoms with Gasteiger partial charge < -0.3 is 43.4 Å². The maximum absolute atomic E-state index is 11.1. The summed E-state index contributed by atoms with van der Waals surface area (Å²) in [5, 5.41) is 17.5. The highest BCUT2D eigenvalue weighted by Crippen LogP contribution is 2.28. The number of halogens is 3. The first-order valence-electron chi connectivity index (χ1n) is 12.9. The smallest absolute Gasteiger partial charge is 0.376 e. The van der Waals surface area contributed by atoms with Crippen LogP contribution in [0.25, 0.3) is 0 Å². The number of aromatic nitrogens is 8. The van der Waals surface area contributed by atoms with Gasteiger partial charge in [0, 0.05) is 0 Å². The zero-order chi connectivity index (χ0) is 33.8. The quantitative estimate of drug-likeness (QED) is 0.172. The molecule has 248 valence electrons. The molecule has 0 spiro atoms. The predicted octanol–water partition coefficient (Wildman–Crippen LogP) is 2.37. The van der Waals surface area contributed by atoms with E-state index in [1.807, 2.05) is 0 Å². The Morgan fingerprint density at radius 1 is 0.638 bits per heavy atom. The van der Waals surface area contributed by atoms with Crippen LogP contribution in [0.3, 0.4) is 0 Å². The van der Waals surface area contributed by atoms with Gasteiger partial charge in [0.15, 0.2) is 28.2 Å². The number of esters is 1. The first-order valence-corrected chi connectivity index (χ1v) is 14.0. The lowest BCUT2D eigenvalue weighted by Crippen LogP contribution is -2.18. The molecule has 0 radical (unpaired) electrons. The van der Waals surface area contributed by atoms with E-state index in [2.05, 4.69) is 44.6 Å². The highest BCUT2D eigenvalue weighted by molar-refractivity contribution is 6.32. The molecule has 0 saturated heterocycles. The number of nitrogens with zero attached hydrogens (tertiary/aromatic N) is 8. The summed E-state index contributed by atoms with van der Waals surface area (Å²) in [4.78, 5) is 50.8. The number of carbonyl (C=O) groups is 2. The predicted molar refractivity (Wildman–Crippen MR) is 156 cm³/mol. The van der Waals surface area contributed by atoms with Gasteiger partial charge in [-0.05, 0) is 23.2 Å². The number of fused-ring (bicyclic) bond motifs is 3. The minimum Gasteiger partial charge on any atom is -0.504 e. The minimum atomic E-state index is -1.18. The van der Waals surface area contributed by atoms with Crippen molar-refractivity contribution in [2.75, 3.05) is 46.8 Å². The summed E-state index contributed by atoms with van der Waals surface area (Å²) in [5.74, 6) is 0.0309. The summed E-state index contributed by atoms with van der Waals surface area (Å²) in [5.41, 5.74) is 0. The Kier molecular flexibility index (Phi) is 12.4. The van der Waals surface area contributed by atoms with Crippen LogP contribution >= 0.6 is 34.8 Å². The number of ether oxygens (including phenoxy) is 7. The molecular formula is C25H21Cl3N8O11. The first-order chi connectivity index (χ1) is 22.6. The van der Waals surface area contributed by atoms with E-state index in [4.69, 9.17) is 73.4 Å². The third kappa shape index (κ3) is 10.1. The third-order valence-electron chi connectivity index (χ3n) is 5.13. The van der Waals surface area contributed by atoms with E-state index in [0.29, 0.717) is 62.8 Å². The van der Waals surface area contributed by atoms with Crippen LogP contribution in [-0.2, 0) is 4.74 Å². The summed E-state index contributed by atoms with van der Waals surface area (Å²) in [6.45, 7) is 2.75. The van der Waals surface area contributed by atoms with Crippen LogP contribution in [0.4, 0.5) is 0 Å². The van der Waals surface area contributed by atoms with Crippen LogP contribution in [0, 0.1) is 0 Å². The van der Waals surface area contributed by atoms with Gasteiger partial charge in [-0.2, -0.15) is 15.0 Å². The maximum Gasteiger partial charge on any atom is 0.376 e. The second-order valence-electron chi connectivity index (χ2n) is 8.24. The number of carboxylic acids is 1. The van der Waals surface area contributed by atoms with Gasteiger partial charge in [0.1, 0.15) is 39.6 Å². The molecule has 4 aromatic rings. The maximum atomic E-state index is 11.1. The Balaban J connectivity index is 0.000000144. The lowest BCUT2D eigenvalue weighted by Gasteiger charge is -2.16. The van der Waals surface area contributed by atoms with Gasteiger partial charge in [0.2, 0.25) is 22.2 Å². The zero-order valence-electron chi connectivity index (χ0n) is 23.8. The normalized spacial score (nSPS) is 13.1. The van der Waals surface area contributed by atoms with E-state index in [9.17, 15) is 9.59 Å². The molecule has 0 aromatic carbocycles. The molecule has 7 heterocycles. The Bertz CT molecular complexity index is 1720. The van der Waals surface area contributed by atoms with Crippen molar-refractivity contribution in [3.05, 3.63) is 52.2 Å². The standard InChI is InChI=1S/C8H8N2O4.C7H6N2O4.C6H5ClN2O2.C4H2Cl2N2O/c1-12-8(11)6-9-4-5-7(10-6)14-3-2-13-5;10-7(11)5-8-3-4-6(9-5)13-2-1-12-4;7-6-8-3-4-5(9-6)11-2-1-10-4;5-3-2(9)1-7-4(6)8-3/h4H,2-3H2,1H3;3H,1-2H2,(H,10,11);3H,1-2H2;1,9H. The number of methoxy groups -OCH3 is 1. The van der Waals surface area contributed by atoms with E-state index < -0.39 is 11.9 Å². The molecule has 0 unspecified atom stereocenters. The fourth-order valence-corrected chi connectivity index (χ4v) is 3.58. The second kappa shape index (κ2) is 16.9. The van der Waals surface area contributed by atoms with Gasteiger partial charge in [-0.25, -0.2) is 34.5 Å². The lowest BCUT2D eigenvalue weighted by atomic mass is 10.5. The highest BCUT2D eigenvalue weighted by atomic mass is 35.5. The SMILES string of the molecule is COC(=O)c1ncc2c(n1)OCCO2.Clc1ncc2c(n1)OCCO2.O=C(O)c1ncc2c(n1)OCCO2.Oc1cnc(Cl)nc1Cl. The van der Waals surface area contributed by atoms with E-state index in [1.54, 1.807) is 0 Å². The van der Waals surface area contributed by atoms with Gasteiger partial charge in [-0.1, -0.05) is 11.6 Å². The molecule has 0 aliphatic carbocycles. The molecule has 0 saturated carbocycles. The van der Waals surface area contributed by atoms with Crippen molar-refractivity contribution in [3.63, 3.8) is 0 Å². The summed E-state index contributed by atoms with van der Waals surface area (Å²) in [6, 6.07) is 0. The van der Waals surface area contributed by atoms with Gasteiger partial charge in [0.05, 0.1) is 31.9 Å². The molecule has 0 amide bonds. The fourth-order valence-electron chi connectivity index (χ4n) is 3.15. The lowest BCUT2D eigenvalue weighted by molar-refractivity contribution is 0.0582. The molecule has 0 bridgehead atoms. The molecule has 7 rings (SSSR count). The molecular weight excluding hydrogens is 695 g/mol. The molecule has 2 N–H and O–H groups in total. The van der Waals surface area contributed by atoms with Crippen molar-refractivity contribution in [2.45, 2.75) is 0 Å². The monoisotopic (exact) mass is 714 g/mol. The van der Waals surface area contributed by atoms with Crippen molar-refractivity contribution in [1.82, 2.24) is 39.9 Å². The molecule has 0 atom stereocenters. The van der Waals surface area contributed by atoms with Crippen LogP contribution in [0.1, 0.15) is 21.2 Å². The first kappa shape index (κ1) is 34.6. The highest BCUT2D eigenvalue weighted by Gasteiger charge is 2.19. The Hall–Kier alpha value is -5.27. The molecule has 4 aromatic heterocycles. The summed E-state index contributed by atoms with van der Waals surface area (Å²) in [6.07, 6.45) is 5.33. The van der Waals surface area contributed by atoms with Crippen molar-refractivity contribution in [3.8, 4) is 40.6 Å². The average Bonchev–Trinajstić information content (AvgIpc) is 3.10. The minimum absolute atomic E-state index is 0.0257. The van der Waals surface area contributed by atoms with Crippen molar-refractivity contribution in [2.24, 2.45) is 0 Å². The van der Waals surface area contributed by atoms with E-state index >= 15 is 0 Å². The van der Waals surface area contributed by atoms with Crippen LogP contribution in [0.5, 0.6) is 40.6 Å². The Morgan fingerprint density at radius 3 is 1.55 bits per heavy atom. The molecule has 22 heteroatoms. The molecule has 47 heavy (non-hydrogen) atoms. The van der Waals surface area contributed by atoms with Crippen LogP contribution in [0.2, 0.25) is 15.7 Å². The van der Waals surface area contributed by atoms with Crippen LogP contribution < -0.4 is 28.4 Å². The number of carbonyl (C=O) groups excluding carboxylic acids is 1. The van der Waals surface area contributed by atoms with Gasteiger partial charge in [-0.15, -0.1) is 0 Å². The summed E-state index contributed by atoms with van der Waals surface area (Å²) >= 11 is 16.1. The number of carboxylic acid groups (broad SMARTS) is 1. The number of rotatable bonds is 2. The Labute approximate surface area is 278 Å². The zero-order valence-corrected chi connectivity index (χ0v) is 26.1. The van der Waals surface area contributed by atoms with E-state index in [0.717, 1.165) is 6.20 Å². The van der Waals surface area contributed by atoms with Gasteiger partial charge in [-0.3, -0.25) is 0 Å². The van der Waals surface area contributed by atoms with Crippen molar-refractivity contribution < 1.29 is 53.0 Å². The summed E-state index contributed by atoms with van der Waals surface area (Å²) in [7, 11) is 1.27. The van der Waals surface area contributed by atoms with E-state index in [1.165, 1.54) is 25.7 Å². The average molecular weight is 716 g/mol. The Morgan fingerprint density at radius 2 is 1.06 bits per heavy atom. The molecule has 3 aliphatic heterocycles. The van der Waals surface area contributed by atoms with E-state index in [-0.39, 0.29) is 44.9 Å². The van der Waals surface area contributed by atoms with Crippen LogP contribution in [0.15, 0.2) is 24.8 Å². The number of aromatic carboxylic acids is 1. The van der Waals surface area contributed by atoms with Crippen molar-refractivity contribution >= 4 is 46.7 Å². The second-order valence-corrected chi connectivity index (χ2v) is 9.27. The fraction of sp³-hybridized carbons (Fsp3) is 0.280. The number of hydrogen-bond acceptors (Lipinski definition) is 18. The van der Waals surface area contributed by atoms with Gasteiger partial charge in [0.25, 0.3) is 17.6 Å². The third-order valence-corrected chi connectivity index (χ3v) is 5.77. The topological polar surface area (TPSA) is 242 Å². The van der Waals surface area contributed by atoms with Crippen molar-refractivity contribution in [1.29, 1.82) is 0 Å². The molecule has 3 aliphatic rings. The number of aromatic hydroxyl groups is 1. The largest absolute Gasteiger partial charge is 0.504 e. The van der Waals surface area contributed by atoms with Crippen LogP contribution in [-0.4, -0.2) is 109 Å². The number of hydrogen-bond donors (Lipinski definition) is 2. The summed E-state index contributed by atoms with van der Waals surface area (Å²) < 4.78 is 35.3. The molecule has 19 nitrogen and oxygen atoms in total. The van der Waals surface area contributed by atoms with Gasteiger partial charge >= 0.3 is 11.9 Å². The molecule has 0 fully saturated rings.